The molecule has 6 N–H and O–H groups in total. The van der Waals surface area contributed by atoms with Crippen LogP contribution in [0.25, 0.3) is 0 Å². The molecule has 0 aromatic rings. The molecule has 2 saturated heterocycles. The smallest absolute Gasteiger partial charge is 0.315 e. The molecule has 13 nitrogen and oxygen atoms in total. The number of urea groups is 1. The third kappa shape index (κ3) is 7.70. The Morgan fingerprint density at radius 3 is 2.23 bits per heavy atom. The summed E-state index contributed by atoms with van der Waals surface area (Å²) in [6.45, 7) is 17.6. The number of unbranched alkanes of at least 4 members (excludes halogenated alkanes) is 1. The Bertz CT molecular complexity index is 1170. The first-order chi connectivity index (χ1) is 20.1. The van der Waals surface area contributed by atoms with Crippen LogP contribution in [-0.2, 0) is 24.0 Å². The lowest BCUT2D eigenvalue weighted by atomic mass is 9.85. The number of nitrogens with one attached hydrogen (secondary N) is 5. The molecule has 2 heterocycles. The monoisotopic (exact) mass is 620 g/mol. The van der Waals surface area contributed by atoms with E-state index in [4.69, 9.17) is 0 Å². The van der Waals surface area contributed by atoms with Crippen molar-refractivity contribution in [2.45, 2.75) is 117 Å². The van der Waals surface area contributed by atoms with Crippen LogP contribution in [0.3, 0.4) is 0 Å². The molecule has 1 saturated carbocycles. The molecule has 6 amide bonds. The van der Waals surface area contributed by atoms with Gasteiger partial charge in [-0.05, 0) is 49.9 Å². The molecule has 0 spiro atoms. The Kier molecular flexibility index (Phi) is 10.1. The number of hydrogen-bond donors (Lipinski definition) is 6. The molecule has 2 aliphatic heterocycles. The number of rotatable bonds is 11. The number of ketones is 1. The van der Waals surface area contributed by atoms with E-state index in [1.807, 2.05) is 62.3 Å². The van der Waals surface area contributed by atoms with Crippen molar-refractivity contribution in [1.82, 2.24) is 31.5 Å². The summed E-state index contributed by atoms with van der Waals surface area (Å²) in [4.78, 5) is 81.0. The van der Waals surface area contributed by atoms with E-state index in [1.54, 1.807) is 0 Å². The fourth-order valence-electron chi connectivity index (χ4n) is 6.42. The van der Waals surface area contributed by atoms with E-state index in [9.17, 15) is 33.9 Å². The van der Waals surface area contributed by atoms with Gasteiger partial charge < -0.3 is 36.6 Å². The number of carbonyl (C=O) groups excluding carboxylic acids is 6. The second kappa shape index (κ2) is 12.6. The zero-order valence-electron chi connectivity index (χ0n) is 27.7. The molecule has 13 heteroatoms. The number of likely N-dealkylation sites (tertiary alicyclic amines) is 1. The van der Waals surface area contributed by atoms with Crippen LogP contribution in [0.4, 0.5) is 4.79 Å². The summed E-state index contributed by atoms with van der Waals surface area (Å²) >= 11 is 0. The van der Waals surface area contributed by atoms with Gasteiger partial charge in [0.05, 0.1) is 0 Å². The number of carbonyl (C=O) groups is 6. The van der Waals surface area contributed by atoms with Crippen LogP contribution in [0.15, 0.2) is 0 Å². The number of amides is 6. The third-order valence-corrected chi connectivity index (χ3v) is 9.10. The molecule has 2 unspecified atom stereocenters. The number of nitrogens with zero attached hydrogens (tertiary/aromatic N) is 1. The number of piperidine rings is 1. The van der Waals surface area contributed by atoms with Crippen molar-refractivity contribution in [3.05, 3.63) is 0 Å². The second-order valence-electron chi connectivity index (χ2n) is 15.3. The zero-order chi connectivity index (χ0) is 33.4. The molecule has 0 radical (unpaired) electrons. The van der Waals surface area contributed by atoms with Crippen LogP contribution in [0.5, 0.6) is 0 Å². The topological polar surface area (TPSA) is 186 Å². The van der Waals surface area contributed by atoms with Gasteiger partial charge in [-0.2, -0.15) is 0 Å². The van der Waals surface area contributed by atoms with E-state index in [0.717, 1.165) is 6.42 Å². The Labute approximate surface area is 260 Å². The van der Waals surface area contributed by atoms with Gasteiger partial charge in [0.2, 0.25) is 17.6 Å². The van der Waals surface area contributed by atoms with Crippen molar-refractivity contribution in [2.75, 3.05) is 19.6 Å². The highest BCUT2D eigenvalue weighted by molar-refractivity contribution is 6.38. The Morgan fingerprint density at radius 2 is 1.70 bits per heavy atom. The minimum atomic E-state index is -1.94. The van der Waals surface area contributed by atoms with Gasteiger partial charge in [-0.3, -0.25) is 24.0 Å². The zero-order valence-corrected chi connectivity index (χ0v) is 27.7. The molecule has 248 valence electrons. The lowest BCUT2D eigenvalue weighted by molar-refractivity contribution is -0.147. The van der Waals surface area contributed by atoms with E-state index < -0.39 is 76.5 Å². The molecule has 0 bridgehead atoms. The van der Waals surface area contributed by atoms with Crippen molar-refractivity contribution in [1.29, 1.82) is 0 Å². The summed E-state index contributed by atoms with van der Waals surface area (Å²) in [6.07, 6.45) is 0.976. The number of Topliss-reactive ketones (excluding diaryl/α,β-unsaturated/α-hetero) is 1. The Hall–Kier alpha value is -3.22. The van der Waals surface area contributed by atoms with Gasteiger partial charge in [-0.25, -0.2) is 4.79 Å². The normalized spacial score (nSPS) is 27.0. The van der Waals surface area contributed by atoms with E-state index in [-0.39, 0.29) is 43.3 Å². The SMILES string of the molecule is CCCCNC(=O)C(=O)[C@H](CC1(O)CCNC1=O)NC(=O)[C@@H]1C2[C@H](CN1C(=O)[C@@H](NC(=O)NC(C)(C)C)C(C)(C)C)C2(C)C. The molecule has 3 fully saturated rings. The second-order valence-corrected chi connectivity index (χ2v) is 15.3. The largest absolute Gasteiger partial charge is 0.380 e. The van der Waals surface area contributed by atoms with Gasteiger partial charge in [-0.1, -0.05) is 48.0 Å². The van der Waals surface area contributed by atoms with Crippen LogP contribution in [0.2, 0.25) is 0 Å². The maximum atomic E-state index is 14.1. The summed E-state index contributed by atoms with van der Waals surface area (Å²) < 4.78 is 0. The molecule has 0 aromatic heterocycles. The lowest BCUT2D eigenvalue weighted by Crippen LogP contribution is -2.62. The number of aliphatic hydroxyl groups is 1. The first-order valence-corrected chi connectivity index (χ1v) is 15.7. The summed E-state index contributed by atoms with van der Waals surface area (Å²) in [7, 11) is 0. The molecular weight excluding hydrogens is 568 g/mol. The van der Waals surface area contributed by atoms with E-state index in [1.165, 1.54) is 4.90 Å². The average molecular weight is 621 g/mol. The summed E-state index contributed by atoms with van der Waals surface area (Å²) in [5.74, 6) is -3.85. The van der Waals surface area contributed by atoms with Gasteiger partial charge in [0.25, 0.3) is 11.8 Å². The van der Waals surface area contributed by atoms with Crippen molar-refractivity contribution in [2.24, 2.45) is 22.7 Å². The minimum Gasteiger partial charge on any atom is -0.380 e. The third-order valence-electron chi connectivity index (χ3n) is 9.10. The van der Waals surface area contributed by atoms with Gasteiger partial charge in [0, 0.05) is 38.0 Å². The molecule has 1 aliphatic carbocycles. The Balaban J connectivity index is 1.89. The highest BCUT2D eigenvalue weighted by Gasteiger charge is 2.70. The maximum Gasteiger partial charge on any atom is 0.315 e. The van der Waals surface area contributed by atoms with E-state index >= 15 is 0 Å². The van der Waals surface area contributed by atoms with Gasteiger partial charge in [0.1, 0.15) is 23.7 Å². The standard InChI is InChI=1S/C31H52N6O7/c1-10-11-13-32-24(40)21(38)18(15-31(44)12-14-33-26(31)42)34-23(39)20-19-17(30(19,8)9)16-37(20)25(41)22(28(2,3)4)35-27(43)36-29(5,6)7/h17-20,22,44H,10-16H2,1-9H3,(H,32,40)(H,33,42)(H,34,39)(H2,35,36,43)/t17-,18-,19?,20-,22+,31?/m0/s1. The summed E-state index contributed by atoms with van der Waals surface area (Å²) in [5, 5.41) is 24.3. The van der Waals surface area contributed by atoms with E-state index in [2.05, 4.69) is 26.6 Å². The van der Waals surface area contributed by atoms with Crippen molar-refractivity contribution < 1.29 is 33.9 Å². The van der Waals surface area contributed by atoms with Gasteiger partial charge in [-0.15, -0.1) is 0 Å². The highest BCUT2D eigenvalue weighted by atomic mass is 16.3. The number of fused-ring (bicyclic) bond motifs is 1. The van der Waals surface area contributed by atoms with Gasteiger partial charge in [0.15, 0.2) is 0 Å². The van der Waals surface area contributed by atoms with Gasteiger partial charge >= 0.3 is 6.03 Å². The predicted molar refractivity (Wildman–Crippen MR) is 163 cm³/mol. The Morgan fingerprint density at radius 1 is 1.07 bits per heavy atom. The summed E-state index contributed by atoms with van der Waals surface area (Å²) in [6, 6.07) is -3.96. The average Bonchev–Trinajstić information content (AvgIpc) is 3.18. The molecule has 3 aliphatic rings. The maximum absolute atomic E-state index is 14.1. The predicted octanol–water partition coefficient (Wildman–Crippen LogP) is 0.593. The lowest BCUT2D eigenvalue weighted by Gasteiger charge is -2.38. The van der Waals surface area contributed by atoms with Crippen LogP contribution < -0.4 is 26.6 Å². The first kappa shape index (κ1) is 35.3. The van der Waals surface area contributed by atoms with Crippen LogP contribution in [0.1, 0.15) is 88.0 Å². The van der Waals surface area contributed by atoms with Crippen LogP contribution in [-0.4, -0.2) is 94.3 Å². The fraction of sp³-hybridized carbons (Fsp3) is 0.806. The number of hydrogen-bond acceptors (Lipinski definition) is 7. The van der Waals surface area contributed by atoms with Crippen molar-refractivity contribution >= 4 is 35.4 Å². The quantitative estimate of drug-likeness (QED) is 0.144. The van der Waals surface area contributed by atoms with Crippen LogP contribution in [0, 0.1) is 22.7 Å². The summed E-state index contributed by atoms with van der Waals surface area (Å²) in [5.41, 5.74) is -3.44. The van der Waals surface area contributed by atoms with Crippen molar-refractivity contribution in [3.63, 3.8) is 0 Å². The molecule has 6 atom stereocenters. The van der Waals surface area contributed by atoms with E-state index in [0.29, 0.717) is 6.42 Å². The van der Waals surface area contributed by atoms with Crippen LogP contribution >= 0.6 is 0 Å². The molecule has 3 rings (SSSR count). The highest BCUT2D eigenvalue weighted by Crippen LogP contribution is 2.65. The molecule has 44 heavy (non-hydrogen) atoms. The first-order valence-electron chi connectivity index (χ1n) is 15.7. The molecule has 0 aromatic carbocycles. The molecular formula is C31H52N6O7. The minimum absolute atomic E-state index is 0.0162. The van der Waals surface area contributed by atoms with Crippen molar-refractivity contribution in [3.8, 4) is 0 Å². The fourth-order valence-corrected chi connectivity index (χ4v) is 6.42.